The third-order valence-electron chi connectivity index (χ3n) is 3.52. The van der Waals surface area contributed by atoms with Crippen LogP contribution in [0.1, 0.15) is 23.8 Å². The first kappa shape index (κ1) is 13.5. The summed E-state index contributed by atoms with van der Waals surface area (Å²) < 4.78 is 1.75. The van der Waals surface area contributed by atoms with Gasteiger partial charge in [0.05, 0.1) is 11.7 Å². The number of amides is 1. The van der Waals surface area contributed by atoms with Crippen molar-refractivity contribution in [2.75, 3.05) is 19.6 Å². The van der Waals surface area contributed by atoms with Crippen LogP contribution in [0.15, 0.2) is 12.5 Å². The standard InChI is InChI=1S/C12H18N4O3/c1-12(11(18)19)2-4-16(7-12)10(17)9-6-15(5-3-13)8-14-9/h6,8H,2-5,7,13H2,1H3,(H,18,19). The summed E-state index contributed by atoms with van der Waals surface area (Å²) in [7, 11) is 0. The van der Waals surface area contributed by atoms with Crippen molar-refractivity contribution in [2.45, 2.75) is 19.9 Å². The van der Waals surface area contributed by atoms with Gasteiger partial charge in [-0.2, -0.15) is 0 Å². The number of rotatable bonds is 4. The highest BCUT2D eigenvalue weighted by Gasteiger charge is 2.42. The van der Waals surface area contributed by atoms with Gasteiger partial charge in [-0.15, -0.1) is 0 Å². The van der Waals surface area contributed by atoms with Crippen LogP contribution in [0, 0.1) is 5.41 Å². The molecule has 7 nitrogen and oxygen atoms in total. The topological polar surface area (TPSA) is 101 Å². The van der Waals surface area contributed by atoms with Crippen molar-refractivity contribution in [1.82, 2.24) is 14.5 Å². The Kier molecular flexibility index (Phi) is 3.57. The van der Waals surface area contributed by atoms with Gasteiger partial charge in [0, 0.05) is 32.4 Å². The predicted octanol–water partition coefficient (Wildman–Crippen LogP) is -0.221. The Morgan fingerprint density at radius 1 is 1.58 bits per heavy atom. The van der Waals surface area contributed by atoms with Crippen molar-refractivity contribution in [3.8, 4) is 0 Å². The Hall–Kier alpha value is -1.89. The first-order chi connectivity index (χ1) is 8.96. The largest absolute Gasteiger partial charge is 0.481 e. The number of nitrogens with two attached hydrogens (primary N) is 1. The minimum absolute atomic E-state index is 0.222. The zero-order valence-electron chi connectivity index (χ0n) is 10.9. The fourth-order valence-electron chi connectivity index (χ4n) is 2.21. The molecule has 0 spiro atoms. The molecule has 1 saturated heterocycles. The van der Waals surface area contributed by atoms with Crippen LogP contribution in [-0.4, -0.2) is 51.1 Å². The predicted molar refractivity (Wildman–Crippen MR) is 67.5 cm³/mol. The molecule has 1 aromatic heterocycles. The second kappa shape index (κ2) is 5.00. The van der Waals surface area contributed by atoms with E-state index in [0.29, 0.717) is 31.7 Å². The molecule has 0 radical (unpaired) electrons. The summed E-state index contributed by atoms with van der Waals surface area (Å²) in [6, 6.07) is 0. The maximum atomic E-state index is 12.2. The number of aliphatic carboxylic acids is 1. The van der Waals surface area contributed by atoms with Gasteiger partial charge in [0.25, 0.3) is 5.91 Å². The van der Waals surface area contributed by atoms with E-state index < -0.39 is 11.4 Å². The number of aromatic nitrogens is 2. The summed E-state index contributed by atoms with van der Waals surface area (Å²) in [5.74, 6) is -1.09. The molecule has 1 unspecified atom stereocenters. The van der Waals surface area contributed by atoms with Crippen LogP contribution in [0.2, 0.25) is 0 Å². The SMILES string of the molecule is CC1(C(=O)O)CCN(C(=O)c2cn(CCN)cn2)C1. The summed E-state index contributed by atoms with van der Waals surface area (Å²) in [4.78, 5) is 28.9. The molecule has 1 aromatic rings. The number of nitrogens with zero attached hydrogens (tertiary/aromatic N) is 3. The second-order valence-electron chi connectivity index (χ2n) is 5.13. The van der Waals surface area contributed by atoms with E-state index in [1.54, 1.807) is 28.9 Å². The van der Waals surface area contributed by atoms with Gasteiger partial charge in [0.2, 0.25) is 0 Å². The third kappa shape index (κ3) is 2.60. The number of hydrogen-bond acceptors (Lipinski definition) is 4. The maximum absolute atomic E-state index is 12.2. The number of carboxylic acid groups (broad SMARTS) is 1. The number of imidazole rings is 1. The van der Waals surface area contributed by atoms with Gasteiger partial charge in [-0.1, -0.05) is 0 Å². The average Bonchev–Trinajstić information content (AvgIpc) is 2.97. The van der Waals surface area contributed by atoms with Crippen molar-refractivity contribution in [3.05, 3.63) is 18.2 Å². The lowest BCUT2D eigenvalue weighted by molar-refractivity contribution is -0.147. The lowest BCUT2D eigenvalue weighted by Gasteiger charge is -2.19. The van der Waals surface area contributed by atoms with E-state index in [4.69, 9.17) is 10.8 Å². The van der Waals surface area contributed by atoms with E-state index in [1.807, 2.05) is 0 Å². The van der Waals surface area contributed by atoms with E-state index in [-0.39, 0.29) is 12.5 Å². The molecular weight excluding hydrogens is 248 g/mol. The van der Waals surface area contributed by atoms with Crippen LogP contribution in [0.4, 0.5) is 0 Å². The first-order valence-corrected chi connectivity index (χ1v) is 6.21. The van der Waals surface area contributed by atoms with Gasteiger partial charge in [-0.05, 0) is 13.3 Å². The maximum Gasteiger partial charge on any atom is 0.311 e. The highest BCUT2D eigenvalue weighted by molar-refractivity contribution is 5.93. The molecule has 1 fully saturated rings. The van der Waals surface area contributed by atoms with E-state index in [1.165, 1.54) is 0 Å². The summed E-state index contributed by atoms with van der Waals surface area (Å²) in [5, 5.41) is 9.15. The van der Waals surface area contributed by atoms with E-state index >= 15 is 0 Å². The number of carboxylic acids is 1. The molecule has 2 rings (SSSR count). The van der Waals surface area contributed by atoms with Crippen LogP contribution >= 0.6 is 0 Å². The van der Waals surface area contributed by atoms with E-state index in [2.05, 4.69) is 4.98 Å². The van der Waals surface area contributed by atoms with Crippen LogP contribution < -0.4 is 5.73 Å². The monoisotopic (exact) mass is 266 g/mol. The van der Waals surface area contributed by atoms with Gasteiger partial charge in [0.1, 0.15) is 5.69 Å². The Morgan fingerprint density at radius 3 is 2.89 bits per heavy atom. The van der Waals surface area contributed by atoms with E-state index in [9.17, 15) is 9.59 Å². The van der Waals surface area contributed by atoms with Crippen LogP contribution in [0.5, 0.6) is 0 Å². The molecule has 1 aliphatic heterocycles. The number of carbonyl (C=O) groups is 2. The second-order valence-corrected chi connectivity index (χ2v) is 5.13. The van der Waals surface area contributed by atoms with E-state index in [0.717, 1.165) is 0 Å². The van der Waals surface area contributed by atoms with Crippen molar-refractivity contribution < 1.29 is 14.7 Å². The molecule has 0 bridgehead atoms. The van der Waals surface area contributed by atoms with Crippen molar-refractivity contribution in [2.24, 2.45) is 11.1 Å². The van der Waals surface area contributed by atoms with Crippen LogP contribution in [-0.2, 0) is 11.3 Å². The zero-order chi connectivity index (χ0) is 14.0. The normalized spacial score (nSPS) is 22.7. The summed E-state index contributed by atoms with van der Waals surface area (Å²) >= 11 is 0. The van der Waals surface area contributed by atoms with Gasteiger partial charge in [-0.25, -0.2) is 4.98 Å². The molecule has 19 heavy (non-hydrogen) atoms. The molecule has 0 saturated carbocycles. The minimum atomic E-state index is -0.864. The van der Waals surface area contributed by atoms with Gasteiger partial charge in [-0.3, -0.25) is 9.59 Å². The number of hydrogen-bond donors (Lipinski definition) is 2. The molecule has 3 N–H and O–H groups in total. The first-order valence-electron chi connectivity index (χ1n) is 6.21. The summed E-state index contributed by atoms with van der Waals surface area (Å²) in [5.41, 5.74) is 4.91. The fraction of sp³-hybridized carbons (Fsp3) is 0.583. The summed E-state index contributed by atoms with van der Waals surface area (Å²) in [6.45, 7) is 3.42. The Labute approximate surface area is 111 Å². The van der Waals surface area contributed by atoms with Crippen molar-refractivity contribution in [1.29, 1.82) is 0 Å². The zero-order valence-corrected chi connectivity index (χ0v) is 10.9. The summed E-state index contributed by atoms with van der Waals surface area (Å²) in [6.07, 6.45) is 3.68. The Morgan fingerprint density at radius 2 is 2.32 bits per heavy atom. The lowest BCUT2D eigenvalue weighted by Crippen LogP contribution is -2.35. The molecule has 1 atom stereocenters. The van der Waals surface area contributed by atoms with Gasteiger partial charge < -0.3 is 20.3 Å². The van der Waals surface area contributed by atoms with Crippen molar-refractivity contribution >= 4 is 11.9 Å². The molecule has 2 heterocycles. The smallest absolute Gasteiger partial charge is 0.311 e. The Bertz CT molecular complexity index is 499. The minimum Gasteiger partial charge on any atom is -0.481 e. The molecule has 104 valence electrons. The van der Waals surface area contributed by atoms with Crippen molar-refractivity contribution in [3.63, 3.8) is 0 Å². The molecule has 1 aliphatic rings. The number of likely N-dealkylation sites (tertiary alicyclic amines) is 1. The lowest BCUT2D eigenvalue weighted by atomic mass is 9.90. The fourth-order valence-corrected chi connectivity index (χ4v) is 2.21. The molecule has 0 aliphatic carbocycles. The van der Waals surface area contributed by atoms with Gasteiger partial charge >= 0.3 is 5.97 Å². The molecule has 7 heteroatoms. The quantitative estimate of drug-likeness (QED) is 0.784. The van der Waals surface area contributed by atoms with Crippen LogP contribution in [0.3, 0.4) is 0 Å². The molecule has 0 aromatic carbocycles. The highest BCUT2D eigenvalue weighted by Crippen LogP contribution is 2.30. The highest BCUT2D eigenvalue weighted by atomic mass is 16.4. The molecule has 1 amide bonds. The van der Waals surface area contributed by atoms with Gasteiger partial charge in [0.15, 0.2) is 0 Å². The number of carbonyl (C=O) groups excluding carboxylic acids is 1. The average molecular weight is 266 g/mol. The van der Waals surface area contributed by atoms with Crippen LogP contribution in [0.25, 0.3) is 0 Å². The Balaban J connectivity index is 2.06. The third-order valence-corrected chi connectivity index (χ3v) is 3.52. The molecular formula is C12H18N4O3.